The van der Waals surface area contributed by atoms with E-state index in [1.165, 1.54) is 17.3 Å². The molecule has 3 rings (SSSR count). The molecule has 0 saturated heterocycles. The smallest absolute Gasteiger partial charge is 0.139 e. The lowest BCUT2D eigenvalue weighted by molar-refractivity contribution is 0.716. The summed E-state index contributed by atoms with van der Waals surface area (Å²) in [6.45, 7) is 0. The molecule has 0 spiro atoms. The average molecular weight is 432 g/mol. The fraction of sp³-hybridized carbons (Fsp3) is 0.263. The molecule has 0 fully saturated rings. The van der Waals surface area contributed by atoms with Gasteiger partial charge in [0.15, 0.2) is 0 Å². The summed E-state index contributed by atoms with van der Waals surface area (Å²) in [7, 11) is 0. The molecule has 0 unspecified atom stereocenters. The number of hydrogen-bond acceptors (Lipinski definition) is 3. The van der Waals surface area contributed by atoms with Gasteiger partial charge in [0.05, 0.1) is 11.4 Å². The Morgan fingerprint density at radius 3 is 2.83 bits per heavy atom. The number of nitrogens with one attached hydrogen (secondary N) is 1. The number of aryl methyl sites for hydroxylation is 1. The number of hydrogen-bond donors (Lipinski definition) is 2. The maximum atomic E-state index is 5.87. The molecule has 0 radical (unpaired) electrons. The number of anilines is 1. The summed E-state index contributed by atoms with van der Waals surface area (Å²) in [5.74, 6) is 0.865. The second kappa shape index (κ2) is 8.28. The molecule has 24 heavy (non-hydrogen) atoms. The van der Waals surface area contributed by atoms with Crippen molar-refractivity contribution >= 4 is 28.3 Å². The molecular weight excluding hydrogens is 411 g/mol. The summed E-state index contributed by atoms with van der Waals surface area (Å²) < 4.78 is 1.22. The third-order valence-corrected chi connectivity index (χ3v) is 4.72. The number of aromatic amines is 1. The normalized spacial score (nSPS) is 10.9. The Labute approximate surface area is 156 Å². The van der Waals surface area contributed by atoms with E-state index < -0.39 is 0 Å². The fourth-order valence-corrected chi connectivity index (χ4v) is 3.26. The van der Waals surface area contributed by atoms with Gasteiger partial charge < -0.3 is 10.7 Å². The average Bonchev–Trinajstić information content (AvgIpc) is 3.09. The standard InChI is InChI=1S/C19H21IN4/c20-10-3-1-2-9-17-16(8-5-11-22-17)19-23-13-18(24-19)14-6-4-7-15(21)12-14/h4-8,11-13H,1-3,9-10,21H2,(H,23,24). The maximum Gasteiger partial charge on any atom is 0.139 e. The van der Waals surface area contributed by atoms with Crippen LogP contribution in [0.15, 0.2) is 48.8 Å². The highest BCUT2D eigenvalue weighted by atomic mass is 127. The molecule has 0 bridgehead atoms. The van der Waals surface area contributed by atoms with E-state index in [-0.39, 0.29) is 0 Å². The topological polar surface area (TPSA) is 67.6 Å². The van der Waals surface area contributed by atoms with Crippen LogP contribution in [0.5, 0.6) is 0 Å². The summed E-state index contributed by atoms with van der Waals surface area (Å²) in [5, 5.41) is 0. The number of benzene rings is 1. The summed E-state index contributed by atoms with van der Waals surface area (Å²) in [5.41, 5.74) is 10.7. The van der Waals surface area contributed by atoms with Gasteiger partial charge in [-0.2, -0.15) is 0 Å². The summed E-state index contributed by atoms with van der Waals surface area (Å²) in [6.07, 6.45) is 8.45. The van der Waals surface area contributed by atoms with Crippen LogP contribution in [0.2, 0.25) is 0 Å². The van der Waals surface area contributed by atoms with Crippen molar-refractivity contribution in [2.24, 2.45) is 0 Å². The van der Waals surface area contributed by atoms with Gasteiger partial charge in [0, 0.05) is 29.2 Å². The maximum absolute atomic E-state index is 5.87. The minimum atomic E-state index is 0.745. The van der Waals surface area contributed by atoms with Crippen LogP contribution in [0.1, 0.15) is 25.0 Å². The summed E-state index contributed by atoms with van der Waals surface area (Å²) in [4.78, 5) is 12.6. The van der Waals surface area contributed by atoms with E-state index in [1.807, 2.05) is 42.7 Å². The number of imidazole rings is 1. The number of alkyl halides is 1. The second-order valence-corrected chi connectivity index (χ2v) is 6.84. The van der Waals surface area contributed by atoms with E-state index in [0.717, 1.165) is 46.9 Å². The predicted molar refractivity (Wildman–Crippen MR) is 108 cm³/mol. The third-order valence-electron chi connectivity index (χ3n) is 3.95. The zero-order valence-electron chi connectivity index (χ0n) is 13.5. The molecule has 5 heteroatoms. The first kappa shape index (κ1) is 17.0. The van der Waals surface area contributed by atoms with Crippen molar-refractivity contribution in [3.05, 3.63) is 54.5 Å². The van der Waals surface area contributed by atoms with Crippen LogP contribution < -0.4 is 5.73 Å². The lowest BCUT2D eigenvalue weighted by atomic mass is 10.1. The number of nitrogens with two attached hydrogens (primary N) is 1. The number of rotatable bonds is 7. The Morgan fingerprint density at radius 2 is 2.00 bits per heavy atom. The Morgan fingerprint density at radius 1 is 1.08 bits per heavy atom. The van der Waals surface area contributed by atoms with Gasteiger partial charge in [0.2, 0.25) is 0 Å². The van der Waals surface area contributed by atoms with Crippen molar-refractivity contribution in [3.63, 3.8) is 0 Å². The first-order valence-corrected chi connectivity index (χ1v) is 9.72. The largest absolute Gasteiger partial charge is 0.399 e. The van der Waals surface area contributed by atoms with Crippen molar-refractivity contribution in [2.75, 3.05) is 10.2 Å². The van der Waals surface area contributed by atoms with Crippen LogP contribution in [0.3, 0.4) is 0 Å². The molecule has 0 aliphatic rings. The summed E-state index contributed by atoms with van der Waals surface area (Å²) >= 11 is 2.43. The number of unbranched alkanes of at least 4 members (excludes halogenated alkanes) is 2. The minimum Gasteiger partial charge on any atom is -0.399 e. The molecule has 1 aromatic carbocycles. The minimum absolute atomic E-state index is 0.745. The molecule has 0 atom stereocenters. The van der Waals surface area contributed by atoms with Crippen LogP contribution in [0, 0.1) is 0 Å². The quantitative estimate of drug-likeness (QED) is 0.242. The van der Waals surface area contributed by atoms with Gasteiger partial charge >= 0.3 is 0 Å². The molecule has 0 aliphatic heterocycles. The number of halogens is 1. The lowest BCUT2D eigenvalue weighted by Crippen LogP contribution is -1.96. The Bertz CT molecular complexity index is 797. The molecule has 0 aliphatic carbocycles. The van der Waals surface area contributed by atoms with Crippen LogP contribution >= 0.6 is 22.6 Å². The SMILES string of the molecule is Nc1cccc(-c2c[nH]c(-c3cccnc3CCCCCI)n2)c1. The van der Waals surface area contributed by atoms with Gasteiger partial charge in [-0.05, 0) is 48.0 Å². The summed E-state index contributed by atoms with van der Waals surface area (Å²) in [6, 6.07) is 11.8. The highest BCUT2D eigenvalue weighted by Gasteiger charge is 2.11. The molecule has 0 saturated carbocycles. The van der Waals surface area contributed by atoms with Gasteiger partial charge in [-0.1, -0.05) is 41.1 Å². The highest BCUT2D eigenvalue weighted by Crippen LogP contribution is 2.25. The van der Waals surface area contributed by atoms with Crippen molar-refractivity contribution in [3.8, 4) is 22.6 Å². The van der Waals surface area contributed by atoms with Crippen LogP contribution in [0.25, 0.3) is 22.6 Å². The van der Waals surface area contributed by atoms with Crippen molar-refractivity contribution in [2.45, 2.75) is 25.7 Å². The lowest BCUT2D eigenvalue weighted by Gasteiger charge is -2.06. The van der Waals surface area contributed by atoms with Crippen molar-refractivity contribution < 1.29 is 0 Å². The van der Waals surface area contributed by atoms with E-state index in [4.69, 9.17) is 10.7 Å². The van der Waals surface area contributed by atoms with Gasteiger partial charge in [-0.25, -0.2) is 4.98 Å². The molecule has 124 valence electrons. The number of nitrogens with zero attached hydrogens (tertiary/aromatic N) is 2. The van der Waals surface area contributed by atoms with E-state index in [1.54, 1.807) is 0 Å². The monoisotopic (exact) mass is 432 g/mol. The molecule has 3 N–H and O–H groups in total. The molecule has 2 aromatic heterocycles. The van der Waals surface area contributed by atoms with E-state index in [2.05, 4.69) is 38.6 Å². The van der Waals surface area contributed by atoms with Crippen molar-refractivity contribution in [1.82, 2.24) is 15.0 Å². The molecule has 0 amide bonds. The second-order valence-electron chi connectivity index (χ2n) is 5.76. The zero-order chi connectivity index (χ0) is 16.8. The van der Waals surface area contributed by atoms with Gasteiger partial charge in [0.25, 0.3) is 0 Å². The predicted octanol–water partition coefficient (Wildman–Crippen LogP) is 4.87. The Balaban J connectivity index is 1.82. The van der Waals surface area contributed by atoms with Gasteiger partial charge in [-0.3, -0.25) is 4.98 Å². The first-order chi connectivity index (χ1) is 11.8. The highest BCUT2D eigenvalue weighted by molar-refractivity contribution is 14.1. The Kier molecular flexibility index (Phi) is 5.85. The van der Waals surface area contributed by atoms with Crippen LogP contribution in [-0.2, 0) is 6.42 Å². The molecule has 2 heterocycles. The van der Waals surface area contributed by atoms with E-state index >= 15 is 0 Å². The van der Waals surface area contributed by atoms with Crippen LogP contribution in [-0.4, -0.2) is 19.4 Å². The van der Waals surface area contributed by atoms with Crippen LogP contribution in [0.4, 0.5) is 5.69 Å². The first-order valence-electron chi connectivity index (χ1n) is 8.19. The Hall–Kier alpha value is -1.89. The zero-order valence-corrected chi connectivity index (χ0v) is 15.7. The number of aromatic nitrogens is 3. The van der Waals surface area contributed by atoms with E-state index in [0.29, 0.717) is 0 Å². The molecular formula is C19H21IN4. The number of nitrogen functional groups attached to an aromatic ring is 1. The number of H-pyrrole nitrogens is 1. The third kappa shape index (κ3) is 4.14. The van der Waals surface area contributed by atoms with E-state index in [9.17, 15) is 0 Å². The van der Waals surface area contributed by atoms with Crippen molar-refractivity contribution in [1.29, 1.82) is 0 Å². The van der Waals surface area contributed by atoms with Gasteiger partial charge in [-0.15, -0.1) is 0 Å². The number of pyridine rings is 1. The molecule has 4 nitrogen and oxygen atoms in total. The van der Waals surface area contributed by atoms with Gasteiger partial charge in [0.1, 0.15) is 5.82 Å². The fourth-order valence-electron chi connectivity index (χ4n) is 2.72. The molecule has 3 aromatic rings.